The Morgan fingerprint density at radius 3 is 2.14 bits per heavy atom. The standard InChI is InChI=1S/C21H19ClN2O3S2/c1-15(28-19-11-7-16(22)8-12-19)21(25)23-17-9-13-20(14-10-17)29(26,27)24-18-5-3-2-4-6-18/h2-15,24H,1H3,(H,23,25)/t15-/m0/s1. The third-order valence-electron chi connectivity index (χ3n) is 3.95. The SMILES string of the molecule is C[C@H](Sc1ccc(Cl)cc1)C(=O)Nc1ccc(S(=O)(=O)Nc2ccccc2)cc1. The number of hydrogen-bond acceptors (Lipinski definition) is 4. The van der Waals surface area contributed by atoms with Gasteiger partial charge in [-0.3, -0.25) is 9.52 Å². The lowest BCUT2D eigenvalue weighted by atomic mass is 10.3. The molecular weight excluding hydrogens is 428 g/mol. The summed E-state index contributed by atoms with van der Waals surface area (Å²) in [6.45, 7) is 1.80. The van der Waals surface area contributed by atoms with Gasteiger partial charge in [-0.15, -0.1) is 11.8 Å². The van der Waals surface area contributed by atoms with E-state index in [2.05, 4.69) is 10.0 Å². The number of hydrogen-bond donors (Lipinski definition) is 2. The van der Waals surface area contributed by atoms with Gasteiger partial charge in [0.2, 0.25) is 5.91 Å². The molecule has 0 aliphatic carbocycles. The Kier molecular flexibility index (Phi) is 6.84. The molecule has 3 aromatic rings. The average molecular weight is 447 g/mol. The fourth-order valence-electron chi connectivity index (χ4n) is 2.45. The van der Waals surface area contributed by atoms with Crippen LogP contribution in [0.25, 0.3) is 0 Å². The summed E-state index contributed by atoms with van der Waals surface area (Å²) in [5, 5.41) is 3.11. The van der Waals surface area contributed by atoms with Crippen molar-refractivity contribution < 1.29 is 13.2 Å². The Bertz CT molecular complexity index is 1070. The third kappa shape index (κ3) is 6.00. The van der Waals surface area contributed by atoms with Crippen LogP contribution in [0, 0.1) is 0 Å². The first-order valence-corrected chi connectivity index (χ1v) is 11.5. The molecule has 3 rings (SSSR count). The van der Waals surface area contributed by atoms with E-state index in [1.807, 2.05) is 18.2 Å². The molecule has 1 amide bonds. The van der Waals surface area contributed by atoms with Gasteiger partial charge in [-0.1, -0.05) is 29.8 Å². The maximum atomic E-state index is 12.5. The molecule has 3 aromatic carbocycles. The Balaban J connectivity index is 1.62. The quantitative estimate of drug-likeness (QED) is 0.485. The van der Waals surface area contributed by atoms with Gasteiger partial charge in [0.25, 0.3) is 10.0 Å². The van der Waals surface area contributed by atoms with Crippen molar-refractivity contribution in [1.82, 2.24) is 0 Å². The van der Waals surface area contributed by atoms with E-state index in [9.17, 15) is 13.2 Å². The molecule has 0 aromatic heterocycles. The minimum Gasteiger partial charge on any atom is -0.325 e. The smallest absolute Gasteiger partial charge is 0.261 e. The normalized spacial score (nSPS) is 12.2. The molecule has 29 heavy (non-hydrogen) atoms. The number of carbonyl (C=O) groups excluding carboxylic acids is 1. The second-order valence-corrected chi connectivity index (χ2v) is 9.73. The Morgan fingerprint density at radius 2 is 1.52 bits per heavy atom. The van der Waals surface area contributed by atoms with E-state index < -0.39 is 10.0 Å². The van der Waals surface area contributed by atoms with Crippen LogP contribution in [-0.2, 0) is 14.8 Å². The first-order chi connectivity index (χ1) is 13.8. The van der Waals surface area contributed by atoms with Crippen LogP contribution in [0.2, 0.25) is 5.02 Å². The number of sulfonamides is 1. The summed E-state index contributed by atoms with van der Waals surface area (Å²) in [5.74, 6) is -0.178. The zero-order valence-electron chi connectivity index (χ0n) is 15.5. The molecule has 0 aliphatic rings. The molecule has 0 unspecified atom stereocenters. The summed E-state index contributed by atoms with van der Waals surface area (Å²) in [7, 11) is -3.70. The lowest BCUT2D eigenvalue weighted by molar-refractivity contribution is -0.115. The van der Waals surface area contributed by atoms with Crippen LogP contribution in [0.1, 0.15) is 6.92 Å². The van der Waals surface area contributed by atoms with E-state index in [0.717, 1.165) is 4.90 Å². The molecule has 0 fully saturated rings. The first-order valence-electron chi connectivity index (χ1n) is 8.74. The molecule has 0 radical (unpaired) electrons. The maximum Gasteiger partial charge on any atom is 0.261 e. The Hall–Kier alpha value is -2.48. The highest BCUT2D eigenvalue weighted by molar-refractivity contribution is 8.00. The zero-order valence-corrected chi connectivity index (χ0v) is 17.9. The van der Waals surface area contributed by atoms with E-state index in [-0.39, 0.29) is 16.1 Å². The highest BCUT2D eigenvalue weighted by Gasteiger charge is 2.17. The molecule has 0 spiro atoms. The molecule has 2 N–H and O–H groups in total. The summed E-state index contributed by atoms with van der Waals surface area (Å²) in [6.07, 6.45) is 0. The molecule has 5 nitrogen and oxygen atoms in total. The Labute approximate surface area is 179 Å². The summed E-state index contributed by atoms with van der Waals surface area (Å²) < 4.78 is 27.4. The molecule has 1 atom stereocenters. The molecule has 150 valence electrons. The van der Waals surface area contributed by atoms with Gasteiger partial charge >= 0.3 is 0 Å². The lowest BCUT2D eigenvalue weighted by Gasteiger charge is -2.13. The van der Waals surface area contributed by atoms with Crippen molar-refractivity contribution in [2.45, 2.75) is 22.0 Å². The van der Waals surface area contributed by atoms with Gasteiger partial charge < -0.3 is 5.32 Å². The van der Waals surface area contributed by atoms with Crippen LogP contribution in [0.3, 0.4) is 0 Å². The van der Waals surface area contributed by atoms with Crippen LogP contribution in [0.15, 0.2) is 88.7 Å². The van der Waals surface area contributed by atoms with Gasteiger partial charge in [0.15, 0.2) is 0 Å². The van der Waals surface area contributed by atoms with Crippen molar-refractivity contribution in [3.05, 3.63) is 83.9 Å². The number of nitrogens with one attached hydrogen (secondary N) is 2. The van der Waals surface area contributed by atoms with E-state index in [4.69, 9.17) is 11.6 Å². The molecule has 0 aliphatic heterocycles. The van der Waals surface area contributed by atoms with Crippen molar-refractivity contribution in [2.75, 3.05) is 10.0 Å². The molecule has 8 heteroatoms. The topological polar surface area (TPSA) is 75.3 Å². The highest BCUT2D eigenvalue weighted by Crippen LogP contribution is 2.26. The average Bonchev–Trinajstić information content (AvgIpc) is 2.70. The number of halogens is 1. The van der Waals surface area contributed by atoms with E-state index >= 15 is 0 Å². The van der Waals surface area contributed by atoms with Crippen molar-refractivity contribution >= 4 is 50.7 Å². The van der Waals surface area contributed by atoms with Crippen molar-refractivity contribution in [1.29, 1.82) is 0 Å². The van der Waals surface area contributed by atoms with E-state index in [1.165, 1.54) is 23.9 Å². The monoisotopic (exact) mass is 446 g/mol. The number of para-hydroxylation sites is 1. The number of amides is 1. The number of anilines is 2. The predicted molar refractivity (Wildman–Crippen MR) is 119 cm³/mol. The highest BCUT2D eigenvalue weighted by atomic mass is 35.5. The largest absolute Gasteiger partial charge is 0.325 e. The maximum absolute atomic E-state index is 12.5. The van der Waals surface area contributed by atoms with Crippen LogP contribution in [0.5, 0.6) is 0 Å². The van der Waals surface area contributed by atoms with Gasteiger partial charge in [0.1, 0.15) is 0 Å². The van der Waals surface area contributed by atoms with Gasteiger partial charge in [-0.2, -0.15) is 0 Å². The second-order valence-electron chi connectivity index (χ2n) is 6.20. The van der Waals surface area contributed by atoms with Gasteiger partial charge in [0.05, 0.1) is 10.1 Å². The van der Waals surface area contributed by atoms with E-state index in [0.29, 0.717) is 16.4 Å². The van der Waals surface area contributed by atoms with Crippen LogP contribution in [0.4, 0.5) is 11.4 Å². The number of rotatable bonds is 7. The second kappa shape index (κ2) is 9.35. The third-order valence-corrected chi connectivity index (χ3v) is 6.72. The zero-order chi connectivity index (χ0) is 20.9. The van der Waals surface area contributed by atoms with Crippen LogP contribution < -0.4 is 10.0 Å². The minimum atomic E-state index is -3.70. The van der Waals surface area contributed by atoms with Crippen molar-refractivity contribution in [3.63, 3.8) is 0 Å². The fraction of sp³-hybridized carbons (Fsp3) is 0.0952. The van der Waals surface area contributed by atoms with Gasteiger partial charge in [-0.25, -0.2) is 8.42 Å². The molecule has 0 saturated carbocycles. The van der Waals surface area contributed by atoms with Crippen LogP contribution in [-0.4, -0.2) is 19.6 Å². The summed E-state index contributed by atoms with van der Waals surface area (Å²) in [5.41, 5.74) is 1.01. The molecule has 0 heterocycles. The number of benzene rings is 3. The van der Waals surface area contributed by atoms with Gasteiger partial charge in [-0.05, 0) is 67.6 Å². The minimum absolute atomic E-state index is 0.114. The van der Waals surface area contributed by atoms with Crippen molar-refractivity contribution in [3.8, 4) is 0 Å². The number of carbonyl (C=O) groups is 1. The molecule has 0 saturated heterocycles. The van der Waals surface area contributed by atoms with Gasteiger partial charge in [0, 0.05) is 21.3 Å². The number of thioether (sulfide) groups is 1. The summed E-state index contributed by atoms with van der Waals surface area (Å²) in [6, 6.07) is 22.0. The predicted octanol–water partition coefficient (Wildman–Crippen LogP) is 5.26. The lowest BCUT2D eigenvalue weighted by Crippen LogP contribution is -2.22. The summed E-state index contributed by atoms with van der Waals surface area (Å²) in [4.78, 5) is 13.5. The first kappa shape index (κ1) is 21.2. The Morgan fingerprint density at radius 1 is 0.897 bits per heavy atom. The molecular formula is C21H19ClN2O3S2. The summed E-state index contributed by atoms with van der Waals surface area (Å²) >= 11 is 7.28. The molecule has 0 bridgehead atoms. The van der Waals surface area contributed by atoms with Crippen molar-refractivity contribution in [2.24, 2.45) is 0 Å². The van der Waals surface area contributed by atoms with Crippen LogP contribution >= 0.6 is 23.4 Å². The fourth-order valence-corrected chi connectivity index (χ4v) is 4.50. The van der Waals surface area contributed by atoms with E-state index in [1.54, 1.807) is 55.5 Å².